The van der Waals surface area contributed by atoms with Crippen LogP contribution in [0.1, 0.15) is 24.8 Å². The number of hydrogen-bond acceptors (Lipinski definition) is 4. The zero-order valence-corrected chi connectivity index (χ0v) is 15.7. The summed E-state index contributed by atoms with van der Waals surface area (Å²) in [5, 5.41) is 6.16. The highest BCUT2D eigenvalue weighted by Crippen LogP contribution is 2.28. The maximum atomic E-state index is 13.6. The fourth-order valence-electron chi connectivity index (χ4n) is 3.39. The first-order valence-electron chi connectivity index (χ1n) is 9.38. The van der Waals surface area contributed by atoms with Gasteiger partial charge in [0, 0.05) is 18.5 Å². The quantitative estimate of drug-likeness (QED) is 0.763. The second-order valence-electron chi connectivity index (χ2n) is 6.62. The molecule has 1 amide bonds. The number of benzene rings is 2. The van der Waals surface area contributed by atoms with E-state index in [1.165, 1.54) is 6.07 Å². The molecular formula is C21H24F2N2O3. The fraction of sp³-hybridized carbons (Fsp3) is 0.381. The average molecular weight is 390 g/mol. The van der Waals surface area contributed by atoms with Crippen LogP contribution in [0.4, 0.5) is 8.78 Å². The maximum Gasteiger partial charge on any atom is 0.258 e. The van der Waals surface area contributed by atoms with Gasteiger partial charge in [-0.25, -0.2) is 8.78 Å². The van der Waals surface area contributed by atoms with Crippen LogP contribution < -0.4 is 20.1 Å². The van der Waals surface area contributed by atoms with E-state index in [1.54, 1.807) is 24.3 Å². The Balaban J connectivity index is 1.62. The van der Waals surface area contributed by atoms with Crippen molar-refractivity contribution < 1.29 is 23.0 Å². The Morgan fingerprint density at radius 1 is 1.14 bits per heavy atom. The molecule has 2 unspecified atom stereocenters. The Morgan fingerprint density at radius 3 is 2.61 bits per heavy atom. The van der Waals surface area contributed by atoms with Gasteiger partial charge in [0.05, 0.1) is 6.61 Å². The molecule has 2 atom stereocenters. The SMILES string of the molecule is CCOc1ccccc1OCC(=O)NC1CNCCC1c1ccc(F)c(F)c1. The van der Waals surface area contributed by atoms with Gasteiger partial charge in [-0.3, -0.25) is 4.79 Å². The van der Waals surface area contributed by atoms with Crippen LogP contribution in [0.15, 0.2) is 42.5 Å². The Kier molecular flexibility index (Phi) is 6.81. The lowest BCUT2D eigenvalue weighted by atomic mass is 9.86. The van der Waals surface area contributed by atoms with Crippen LogP contribution in [-0.2, 0) is 4.79 Å². The first-order valence-corrected chi connectivity index (χ1v) is 9.38. The number of rotatable bonds is 7. The molecule has 1 aliphatic heterocycles. The summed E-state index contributed by atoms with van der Waals surface area (Å²) in [7, 11) is 0. The molecule has 0 spiro atoms. The number of carbonyl (C=O) groups is 1. The molecule has 28 heavy (non-hydrogen) atoms. The highest BCUT2D eigenvalue weighted by Gasteiger charge is 2.28. The molecule has 0 saturated carbocycles. The van der Waals surface area contributed by atoms with Gasteiger partial charge in [0.15, 0.2) is 29.7 Å². The predicted octanol–water partition coefficient (Wildman–Crippen LogP) is 3.00. The van der Waals surface area contributed by atoms with Gasteiger partial charge in [-0.1, -0.05) is 18.2 Å². The molecule has 1 heterocycles. The van der Waals surface area contributed by atoms with Crippen molar-refractivity contribution in [3.05, 3.63) is 59.7 Å². The molecule has 0 aromatic heterocycles. The molecule has 2 aromatic rings. The topological polar surface area (TPSA) is 59.6 Å². The lowest BCUT2D eigenvalue weighted by Gasteiger charge is -2.33. The van der Waals surface area contributed by atoms with Crippen LogP contribution in [0, 0.1) is 11.6 Å². The van der Waals surface area contributed by atoms with Crippen molar-refractivity contribution in [3.63, 3.8) is 0 Å². The number of nitrogens with one attached hydrogen (secondary N) is 2. The van der Waals surface area contributed by atoms with Crippen molar-refractivity contribution >= 4 is 5.91 Å². The van der Waals surface area contributed by atoms with Crippen LogP contribution in [0.3, 0.4) is 0 Å². The molecule has 150 valence electrons. The first kappa shape index (κ1) is 20.1. The Labute approximate surface area is 163 Å². The summed E-state index contributed by atoms with van der Waals surface area (Å²) in [6.45, 7) is 3.50. The zero-order valence-electron chi connectivity index (χ0n) is 15.7. The van der Waals surface area contributed by atoms with Gasteiger partial charge < -0.3 is 20.1 Å². The van der Waals surface area contributed by atoms with Crippen molar-refractivity contribution in [2.75, 3.05) is 26.3 Å². The van der Waals surface area contributed by atoms with Crippen LogP contribution in [0.2, 0.25) is 0 Å². The van der Waals surface area contributed by atoms with Gasteiger partial charge in [0.2, 0.25) is 0 Å². The minimum Gasteiger partial charge on any atom is -0.490 e. The van der Waals surface area contributed by atoms with E-state index in [2.05, 4.69) is 10.6 Å². The Bertz CT molecular complexity index is 816. The number of hydrogen-bond donors (Lipinski definition) is 2. The maximum absolute atomic E-state index is 13.6. The number of carbonyl (C=O) groups excluding carboxylic acids is 1. The molecule has 1 saturated heterocycles. The Hall–Kier alpha value is -2.67. The molecule has 7 heteroatoms. The predicted molar refractivity (Wildman–Crippen MR) is 102 cm³/mol. The summed E-state index contributed by atoms with van der Waals surface area (Å²) in [5.41, 5.74) is 0.674. The number of para-hydroxylation sites is 2. The van der Waals surface area contributed by atoms with E-state index in [0.29, 0.717) is 36.6 Å². The first-order chi connectivity index (χ1) is 13.6. The summed E-state index contributed by atoms with van der Waals surface area (Å²) in [6, 6.07) is 10.8. The van der Waals surface area contributed by atoms with E-state index in [1.807, 2.05) is 13.0 Å². The number of halogens is 2. The summed E-state index contributed by atoms with van der Waals surface area (Å²) in [4.78, 5) is 12.4. The van der Waals surface area contributed by atoms with Gasteiger partial charge >= 0.3 is 0 Å². The van der Waals surface area contributed by atoms with E-state index in [9.17, 15) is 13.6 Å². The summed E-state index contributed by atoms with van der Waals surface area (Å²) < 4.78 is 37.9. The van der Waals surface area contributed by atoms with Gasteiger partial charge in [0.25, 0.3) is 5.91 Å². The highest BCUT2D eigenvalue weighted by atomic mass is 19.2. The molecule has 3 rings (SSSR count). The lowest BCUT2D eigenvalue weighted by molar-refractivity contribution is -0.124. The third-order valence-electron chi connectivity index (χ3n) is 4.71. The zero-order chi connectivity index (χ0) is 19.9. The number of piperidine rings is 1. The summed E-state index contributed by atoms with van der Waals surface area (Å²) >= 11 is 0. The van der Waals surface area contributed by atoms with Crippen LogP contribution in [0.5, 0.6) is 11.5 Å². The minimum atomic E-state index is -0.878. The molecule has 0 aliphatic carbocycles. The van der Waals surface area contributed by atoms with E-state index in [4.69, 9.17) is 9.47 Å². The van der Waals surface area contributed by atoms with E-state index >= 15 is 0 Å². The molecule has 0 radical (unpaired) electrons. The molecule has 1 fully saturated rings. The van der Waals surface area contributed by atoms with Crippen molar-refractivity contribution in [2.45, 2.75) is 25.3 Å². The molecular weight excluding hydrogens is 366 g/mol. The van der Waals surface area contributed by atoms with Crippen molar-refractivity contribution in [1.82, 2.24) is 10.6 Å². The van der Waals surface area contributed by atoms with Crippen LogP contribution in [-0.4, -0.2) is 38.3 Å². The number of ether oxygens (including phenoxy) is 2. The van der Waals surface area contributed by atoms with Crippen molar-refractivity contribution in [2.24, 2.45) is 0 Å². The average Bonchev–Trinajstić information content (AvgIpc) is 2.70. The number of amides is 1. The minimum absolute atomic E-state index is 0.101. The van der Waals surface area contributed by atoms with Gasteiger partial charge in [0.1, 0.15) is 0 Å². The van der Waals surface area contributed by atoms with Crippen LogP contribution >= 0.6 is 0 Å². The normalized spacial score (nSPS) is 19.1. The van der Waals surface area contributed by atoms with Gasteiger partial charge in [-0.2, -0.15) is 0 Å². The molecule has 2 N–H and O–H groups in total. The van der Waals surface area contributed by atoms with Gasteiger partial charge in [-0.05, 0) is 49.7 Å². The monoisotopic (exact) mass is 390 g/mol. The molecule has 1 aliphatic rings. The highest BCUT2D eigenvalue weighted by molar-refractivity contribution is 5.78. The van der Waals surface area contributed by atoms with E-state index < -0.39 is 11.6 Å². The van der Waals surface area contributed by atoms with Gasteiger partial charge in [-0.15, -0.1) is 0 Å². The summed E-state index contributed by atoms with van der Waals surface area (Å²) in [5.74, 6) is -1.06. The van der Waals surface area contributed by atoms with Crippen molar-refractivity contribution in [1.29, 1.82) is 0 Å². The Morgan fingerprint density at radius 2 is 1.89 bits per heavy atom. The summed E-state index contributed by atoms with van der Waals surface area (Å²) in [6.07, 6.45) is 0.712. The van der Waals surface area contributed by atoms with Crippen LogP contribution in [0.25, 0.3) is 0 Å². The second kappa shape index (κ2) is 9.50. The molecule has 5 nitrogen and oxygen atoms in total. The van der Waals surface area contributed by atoms with E-state index in [-0.39, 0.29) is 24.5 Å². The largest absolute Gasteiger partial charge is 0.490 e. The third kappa shape index (κ3) is 4.98. The third-order valence-corrected chi connectivity index (χ3v) is 4.71. The van der Waals surface area contributed by atoms with E-state index in [0.717, 1.165) is 12.6 Å². The molecule has 0 bridgehead atoms. The molecule has 2 aromatic carbocycles. The lowest BCUT2D eigenvalue weighted by Crippen LogP contribution is -2.51. The van der Waals surface area contributed by atoms with Crippen molar-refractivity contribution in [3.8, 4) is 11.5 Å². The standard InChI is InChI=1S/C21H24F2N2O3/c1-2-27-19-5-3-4-6-20(19)28-13-21(26)25-18-12-24-10-9-15(18)14-7-8-16(22)17(23)11-14/h3-8,11,15,18,24H,2,9-10,12-13H2,1H3,(H,25,26). The second-order valence-corrected chi connectivity index (χ2v) is 6.62. The smallest absolute Gasteiger partial charge is 0.258 e. The fourth-order valence-corrected chi connectivity index (χ4v) is 3.39.